The Morgan fingerprint density at radius 2 is 2.36 bits per heavy atom. The van der Waals surface area contributed by atoms with Gasteiger partial charge in [0.05, 0.1) is 0 Å². The lowest BCUT2D eigenvalue weighted by Crippen LogP contribution is -2.22. The number of thiocarbonyl (C=S) groups is 1. The van der Waals surface area contributed by atoms with Crippen LogP contribution in [0.15, 0.2) is 24.3 Å². The smallest absolute Gasteiger partial charge is 0.136 e. The van der Waals surface area contributed by atoms with Crippen molar-refractivity contribution in [3.8, 4) is 0 Å². The van der Waals surface area contributed by atoms with E-state index in [9.17, 15) is 0 Å². The molecule has 1 heterocycles. The number of halogens is 1. The first-order valence-electron chi connectivity index (χ1n) is 4.42. The largest absolute Gasteiger partial charge is 0.352 e. The van der Waals surface area contributed by atoms with Crippen molar-refractivity contribution in [3.63, 3.8) is 0 Å². The third-order valence-corrected chi connectivity index (χ3v) is 3.85. The lowest BCUT2D eigenvalue weighted by molar-refractivity contribution is 0.464. The second kappa shape index (κ2) is 4.51. The number of rotatable bonds is 2. The highest BCUT2D eigenvalue weighted by Crippen LogP contribution is 2.21. The van der Waals surface area contributed by atoms with E-state index in [-0.39, 0.29) is 0 Å². The van der Waals surface area contributed by atoms with Gasteiger partial charge in [-0.3, -0.25) is 0 Å². The molecule has 0 spiro atoms. The van der Waals surface area contributed by atoms with Crippen molar-refractivity contribution in [2.45, 2.75) is 6.54 Å². The molecule has 1 aromatic rings. The standard InChI is InChI=1S/C10H10ClNS2/c11-9-3-1-2-8(6-9)7-12-4-5-14-10(12)13/h1-3,6H,4-5,7H2. The van der Waals surface area contributed by atoms with Crippen LogP contribution in [-0.2, 0) is 6.54 Å². The van der Waals surface area contributed by atoms with Gasteiger partial charge >= 0.3 is 0 Å². The summed E-state index contributed by atoms with van der Waals surface area (Å²) < 4.78 is 1.00. The van der Waals surface area contributed by atoms with Gasteiger partial charge in [0.1, 0.15) is 4.32 Å². The predicted octanol–water partition coefficient (Wildman–Crippen LogP) is 3.17. The first kappa shape index (κ1) is 10.3. The molecule has 1 aliphatic rings. The van der Waals surface area contributed by atoms with Gasteiger partial charge in [0.25, 0.3) is 0 Å². The molecule has 1 nitrogen and oxygen atoms in total. The minimum Gasteiger partial charge on any atom is -0.352 e. The second-order valence-corrected chi connectivity index (χ2v) is 5.33. The van der Waals surface area contributed by atoms with Crippen LogP contribution in [0.2, 0.25) is 5.02 Å². The molecule has 0 unspecified atom stereocenters. The molecule has 0 saturated carbocycles. The van der Waals surface area contributed by atoms with E-state index >= 15 is 0 Å². The fourth-order valence-corrected chi connectivity index (χ4v) is 2.87. The van der Waals surface area contributed by atoms with Gasteiger partial charge in [0.2, 0.25) is 0 Å². The molecule has 0 N–H and O–H groups in total. The summed E-state index contributed by atoms with van der Waals surface area (Å²) in [5.41, 5.74) is 1.22. The normalized spacial score (nSPS) is 16.4. The van der Waals surface area contributed by atoms with Crippen LogP contribution in [0, 0.1) is 0 Å². The SMILES string of the molecule is S=C1SCCN1Cc1cccc(Cl)c1. The van der Waals surface area contributed by atoms with Crippen molar-refractivity contribution in [3.05, 3.63) is 34.9 Å². The zero-order chi connectivity index (χ0) is 9.97. The van der Waals surface area contributed by atoms with E-state index in [0.717, 1.165) is 28.2 Å². The van der Waals surface area contributed by atoms with E-state index in [1.807, 2.05) is 18.2 Å². The fourth-order valence-electron chi connectivity index (χ4n) is 1.43. The summed E-state index contributed by atoms with van der Waals surface area (Å²) in [5.74, 6) is 1.11. The van der Waals surface area contributed by atoms with Crippen LogP contribution in [0.3, 0.4) is 0 Å². The third-order valence-electron chi connectivity index (χ3n) is 2.11. The molecule has 1 fully saturated rings. The van der Waals surface area contributed by atoms with Crippen molar-refractivity contribution >= 4 is 39.9 Å². The Kier molecular flexibility index (Phi) is 3.31. The first-order chi connectivity index (χ1) is 6.75. The number of benzene rings is 1. The van der Waals surface area contributed by atoms with E-state index < -0.39 is 0 Å². The Hall–Kier alpha value is -0.250. The number of thioether (sulfide) groups is 1. The summed E-state index contributed by atoms with van der Waals surface area (Å²) in [4.78, 5) is 2.21. The van der Waals surface area contributed by atoms with Crippen LogP contribution in [0.1, 0.15) is 5.56 Å². The molecule has 0 aromatic heterocycles. The zero-order valence-electron chi connectivity index (χ0n) is 7.57. The van der Waals surface area contributed by atoms with Gasteiger partial charge < -0.3 is 4.90 Å². The van der Waals surface area contributed by atoms with Crippen molar-refractivity contribution in [1.82, 2.24) is 4.90 Å². The van der Waals surface area contributed by atoms with Gasteiger partial charge in [-0.15, -0.1) is 0 Å². The quantitative estimate of drug-likeness (QED) is 0.735. The lowest BCUT2D eigenvalue weighted by atomic mass is 10.2. The minimum atomic E-state index is 0.792. The number of hydrogen-bond acceptors (Lipinski definition) is 2. The van der Waals surface area contributed by atoms with Crippen molar-refractivity contribution < 1.29 is 0 Å². The van der Waals surface area contributed by atoms with E-state index in [1.165, 1.54) is 5.56 Å². The molecule has 0 radical (unpaired) electrons. The Morgan fingerprint density at radius 3 is 3.00 bits per heavy atom. The highest BCUT2D eigenvalue weighted by molar-refractivity contribution is 8.23. The minimum absolute atomic E-state index is 0.792. The van der Waals surface area contributed by atoms with Crippen LogP contribution in [0.25, 0.3) is 0 Å². The molecule has 1 aliphatic heterocycles. The molecular weight excluding hydrogens is 234 g/mol. The third kappa shape index (κ3) is 2.41. The molecule has 2 rings (SSSR count). The molecule has 1 aromatic carbocycles. The van der Waals surface area contributed by atoms with Crippen LogP contribution >= 0.6 is 35.6 Å². The van der Waals surface area contributed by atoms with E-state index in [2.05, 4.69) is 11.0 Å². The Balaban J connectivity index is 2.07. The highest BCUT2D eigenvalue weighted by Gasteiger charge is 2.17. The second-order valence-electron chi connectivity index (χ2n) is 3.17. The molecule has 0 bridgehead atoms. The monoisotopic (exact) mass is 243 g/mol. The van der Waals surface area contributed by atoms with Crippen LogP contribution in [0.4, 0.5) is 0 Å². The van der Waals surface area contributed by atoms with E-state index in [4.69, 9.17) is 23.8 Å². The van der Waals surface area contributed by atoms with Crippen LogP contribution in [-0.4, -0.2) is 21.5 Å². The maximum atomic E-state index is 5.91. The average molecular weight is 244 g/mol. The van der Waals surface area contributed by atoms with Crippen LogP contribution < -0.4 is 0 Å². The topological polar surface area (TPSA) is 3.24 Å². The average Bonchev–Trinajstić information content (AvgIpc) is 2.52. The molecular formula is C10H10ClNS2. The summed E-state index contributed by atoms with van der Waals surface area (Å²) >= 11 is 12.9. The lowest BCUT2D eigenvalue weighted by Gasteiger charge is -2.16. The van der Waals surface area contributed by atoms with Crippen LogP contribution in [0.5, 0.6) is 0 Å². The summed E-state index contributed by atoms with van der Waals surface area (Å²) in [6.07, 6.45) is 0. The molecule has 4 heteroatoms. The Labute approximate surface area is 98.4 Å². The van der Waals surface area contributed by atoms with Gasteiger partial charge in [-0.1, -0.05) is 47.7 Å². The number of hydrogen-bond donors (Lipinski definition) is 0. The molecule has 0 atom stereocenters. The zero-order valence-corrected chi connectivity index (χ0v) is 9.96. The van der Waals surface area contributed by atoms with Crippen molar-refractivity contribution in [1.29, 1.82) is 0 Å². The first-order valence-corrected chi connectivity index (χ1v) is 6.19. The van der Waals surface area contributed by atoms with Gasteiger partial charge in [-0.25, -0.2) is 0 Å². The highest BCUT2D eigenvalue weighted by atomic mass is 35.5. The van der Waals surface area contributed by atoms with Gasteiger partial charge in [-0.2, -0.15) is 0 Å². The Bertz CT molecular complexity index is 354. The summed E-state index contributed by atoms with van der Waals surface area (Å²) in [7, 11) is 0. The van der Waals surface area contributed by atoms with E-state index in [1.54, 1.807) is 11.8 Å². The maximum Gasteiger partial charge on any atom is 0.136 e. The Morgan fingerprint density at radius 1 is 1.50 bits per heavy atom. The van der Waals surface area contributed by atoms with Crippen molar-refractivity contribution in [2.24, 2.45) is 0 Å². The molecule has 0 aliphatic carbocycles. The molecule has 1 saturated heterocycles. The number of nitrogens with zero attached hydrogens (tertiary/aromatic N) is 1. The van der Waals surface area contributed by atoms with Crippen molar-refractivity contribution in [2.75, 3.05) is 12.3 Å². The summed E-state index contributed by atoms with van der Waals surface area (Å²) in [6.45, 7) is 1.93. The van der Waals surface area contributed by atoms with E-state index in [0.29, 0.717) is 0 Å². The van der Waals surface area contributed by atoms with Gasteiger partial charge in [-0.05, 0) is 17.7 Å². The molecule has 74 valence electrons. The summed E-state index contributed by atoms with van der Waals surface area (Å²) in [6, 6.07) is 7.94. The van der Waals surface area contributed by atoms with Gasteiger partial charge in [0, 0.05) is 23.9 Å². The fraction of sp³-hybridized carbons (Fsp3) is 0.300. The van der Waals surface area contributed by atoms with Gasteiger partial charge in [0.15, 0.2) is 0 Å². The summed E-state index contributed by atoms with van der Waals surface area (Å²) in [5, 5.41) is 0.792. The maximum absolute atomic E-state index is 5.91. The molecule has 14 heavy (non-hydrogen) atoms. The molecule has 0 amide bonds. The predicted molar refractivity (Wildman–Crippen MR) is 66.9 cm³/mol.